The summed E-state index contributed by atoms with van der Waals surface area (Å²) >= 11 is 4.99. The summed E-state index contributed by atoms with van der Waals surface area (Å²) in [6, 6.07) is 3.52. The van der Waals surface area contributed by atoms with Crippen LogP contribution in [0.5, 0.6) is 0 Å². The average Bonchev–Trinajstić information content (AvgIpc) is 2.91. The Morgan fingerprint density at radius 2 is 1.84 bits per heavy atom. The number of rotatable bonds is 2. The Labute approximate surface area is 115 Å². The van der Waals surface area contributed by atoms with Crippen LogP contribution in [0.4, 0.5) is 0 Å². The second-order valence-electron chi connectivity index (χ2n) is 3.97. The van der Waals surface area contributed by atoms with Crippen molar-refractivity contribution in [2.24, 2.45) is 0 Å². The molecule has 1 aliphatic heterocycles. The lowest BCUT2D eigenvalue weighted by Gasteiger charge is -2.31. The number of furan rings is 1. The van der Waals surface area contributed by atoms with Crippen molar-refractivity contribution in [1.29, 1.82) is 0 Å². The number of carbonyl (C=O) groups excluding carboxylic acids is 2. The highest BCUT2D eigenvalue weighted by Crippen LogP contribution is 2.15. The number of thiocarbonyl (C=S) groups is 1. The monoisotopic (exact) mass is 276 g/mol. The van der Waals surface area contributed by atoms with Crippen LogP contribution in [0.2, 0.25) is 0 Å². The molecule has 2 rings (SSSR count). The number of carbonyl (C=O) groups is 2. The van der Waals surface area contributed by atoms with Crippen molar-refractivity contribution in [3.8, 4) is 0 Å². The second kappa shape index (κ2) is 5.19. The van der Waals surface area contributed by atoms with Crippen LogP contribution in [0.15, 0.2) is 40.5 Å². The van der Waals surface area contributed by atoms with Crippen LogP contribution in [0.25, 0.3) is 6.08 Å². The summed E-state index contributed by atoms with van der Waals surface area (Å²) < 4.78 is 5.11. The number of likely N-dealkylation sites (N-methyl/N-ethyl adjacent to an activating group) is 2. The van der Waals surface area contributed by atoms with Gasteiger partial charge >= 0.3 is 0 Å². The predicted molar refractivity (Wildman–Crippen MR) is 74.0 cm³/mol. The maximum absolute atomic E-state index is 11.9. The van der Waals surface area contributed by atoms with E-state index in [0.717, 1.165) is 0 Å². The zero-order valence-corrected chi connectivity index (χ0v) is 11.3. The van der Waals surface area contributed by atoms with Crippen LogP contribution in [-0.2, 0) is 9.59 Å². The fraction of sp³-hybridized carbons (Fsp3) is 0.154. The molecular weight excluding hydrogens is 264 g/mol. The van der Waals surface area contributed by atoms with E-state index in [1.165, 1.54) is 30.0 Å². The molecule has 1 aromatic rings. The minimum Gasteiger partial charge on any atom is -0.465 e. The molecule has 1 aliphatic rings. The summed E-state index contributed by atoms with van der Waals surface area (Å²) in [5.41, 5.74) is 0.0707. The number of hydrogen-bond donors (Lipinski definition) is 0. The Bertz CT molecular complexity index is 561. The van der Waals surface area contributed by atoms with E-state index < -0.39 is 11.8 Å². The lowest BCUT2D eigenvalue weighted by molar-refractivity contribution is -0.132. The van der Waals surface area contributed by atoms with Crippen molar-refractivity contribution in [3.63, 3.8) is 0 Å². The molecule has 6 heteroatoms. The molecule has 0 bridgehead atoms. The van der Waals surface area contributed by atoms with E-state index in [1.807, 2.05) is 0 Å². The van der Waals surface area contributed by atoms with Crippen LogP contribution in [0.3, 0.4) is 0 Å². The molecule has 0 aromatic carbocycles. The van der Waals surface area contributed by atoms with Gasteiger partial charge in [0.25, 0.3) is 11.8 Å². The van der Waals surface area contributed by atoms with Crippen LogP contribution < -0.4 is 0 Å². The molecule has 1 fully saturated rings. The van der Waals surface area contributed by atoms with E-state index in [1.54, 1.807) is 30.5 Å². The van der Waals surface area contributed by atoms with Crippen molar-refractivity contribution < 1.29 is 14.0 Å². The first-order chi connectivity index (χ1) is 9.02. The van der Waals surface area contributed by atoms with Gasteiger partial charge in [0.2, 0.25) is 0 Å². The highest BCUT2D eigenvalue weighted by molar-refractivity contribution is 7.80. The van der Waals surface area contributed by atoms with Crippen molar-refractivity contribution in [2.75, 3.05) is 14.1 Å². The normalized spacial score (nSPS) is 16.7. The smallest absolute Gasteiger partial charge is 0.265 e. The van der Waals surface area contributed by atoms with Gasteiger partial charge in [-0.1, -0.05) is 6.08 Å². The highest BCUT2D eigenvalue weighted by atomic mass is 32.1. The first-order valence-corrected chi connectivity index (χ1v) is 5.95. The average molecular weight is 276 g/mol. The third kappa shape index (κ3) is 2.48. The zero-order chi connectivity index (χ0) is 14.0. The molecule has 0 unspecified atom stereocenters. The summed E-state index contributed by atoms with van der Waals surface area (Å²) in [4.78, 5) is 26.4. The van der Waals surface area contributed by atoms with Crippen LogP contribution in [-0.4, -0.2) is 40.8 Å². The largest absolute Gasteiger partial charge is 0.465 e. The molecule has 19 heavy (non-hydrogen) atoms. The molecule has 5 nitrogen and oxygen atoms in total. The molecule has 0 radical (unpaired) electrons. The second-order valence-corrected chi connectivity index (χ2v) is 4.33. The van der Waals surface area contributed by atoms with Crippen LogP contribution in [0.1, 0.15) is 5.76 Å². The molecule has 2 heterocycles. The summed E-state index contributed by atoms with van der Waals surface area (Å²) in [5.74, 6) is -0.167. The van der Waals surface area contributed by atoms with E-state index in [9.17, 15) is 9.59 Å². The number of amides is 2. The standard InChI is InChI=1S/C13H12N2O3S/c1-14-11(16)10(12(17)15(2)13(14)19)7-3-5-9-6-4-8-18-9/h3-8H,1-2H3/b5-3+. The zero-order valence-electron chi connectivity index (χ0n) is 10.5. The van der Waals surface area contributed by atoms with Gasteiger partial charge in [-0.2, -0.15) is 0 Å². The molecule has 1 saturated heterocycles. The van der Waals surface area contributed by atoms with Crippen LogP contribution >= 0.6 is 12.2 Å². The van der Waals surface area contributed by atoms with Gasteiger partial charge in [-0.15, -0.1) is 0 Å². The Morgan fingerprint density at radius 3 is 2.37 bits per heavy atom. The van der Waals surface area contributed by atoms with E-state index in [-0.39, 0.29) is 10.7 Å². The molecule has 1 aromatic heterocycles. The first-order valence-electron chi connectivity index (χ1n) is 5.54. The van der Waals surface area contributed by atoms with E-state index in [4.69, 9.17) is 16.6 Å². The van der Waals surface area contributed by atoms with Gasteiger partial charge in [0.15, 0.2) is 5.11 Å². The third-order valence-corrected chi connectivity index (χ3v) is 3.26. The van der Waals surface area contributed by atoms with E-state index in [2.05, 4.69) is 0 Å². The van der Waals surface area contributed by atoms with Gasteiger partial charge in [-0.3, -0.25) is 19.4 Å². The Balaban J connectivity index is 2.25. The van der Waals surface area contributed by atoms with Crippen molar-refractivity contribution in [1.82, 2.24) is 9.80 Å². The molecule has 0 saturated carbocycles. The highest BCUT2D eigenvalue weighted by Gasteiger charge is 2.34. The number of hydrogen-bond acceptors (Lipinski definition) is 4. The predicted octanol–water partition coefficient (Wildman–Crippen LogP) is 1.43. The van der Waals surface area contributed by atoms with Gasteiger partial charge < -0.3 is 4.42 Å². The topological polar surface area (TPSA) is 53.8 Å². The molecule has 0 aliphatic carbocycles. The fourth-order valence-electron chi connectivity index (χ4n) is 1.62. The van der Waals surface area contributed by atoms with Gasteiger partial charge in [0.1, 0.15) is 11.3 Å². The molecule has 0 N–H and O–H groups in total. The molecule has 0 atom stereocenters. The molecule has 2 amide bonds. The van der Waals surface area contributed by atoms with Gasteiger partial charge in [0, 0.05) is 14.1 Å². The van der Waals surface area contributed by atoms with E-state index >= 15 is 0 Å². The molecular formula is C13H12N2O3S. The Kier molecular flexibility index (Phi) is 3.62. The first kappa shape index (κ1) is 13.2. The molecule has 0 spiro atoms. The maximum atomic E-state index is 11.9. The van der Waals surface area contributed by atoms with Gasteiger partial charge in [-0.05, 0) is 36.5 Å². The summed E-state index contributed by atoms with van der Waals surface area (Å²) in [5, 5.41) is 0.196. The third-order valence-electron chi connectivity index (χ3n) is 2.71. The van der Waals surface area contributed by atoms with Gasteiger partial charge in [-0.25, -0.2) is 0 Å². The van der Waals surface area contributed by atoms with Crippen LogP contribution in [0, 0.1) is 0 Å². The lowest BCUT2D eigenvalue weighted by atomic mass is 10.1. The van der Waals surface area contributed by atoms with Gasteiger partial charge in [0.05, 0.1) is 6.26 Å². The van der Waals surface area contributed by atoms with Crippen molar-refractivity contribution in [3.05, 3.63) is 41.9 Å². The van der Waals surface area contributed by atoms with Crippen molar-refractivity contribution in [2.45, 2.75) is 0 Å². The maximum Gasteiger partial charge on any atom is 0.265 e. The number of allylic oxidation sites excluding steroid dienone is 2. The number of nitrogens with zero attached hydrogens (tertiary/aromatic N) is 2. The quantitative estimate of drug-likeness (QED) is 0.466. The Morgan fingerprint density at radius 1 is 1.21 bits per heavy atom. The van der Waals surface area contributed by atoms with Crippen molar-refractivity contribution >= 4 is 35.2 Å². The minimum absolute atomic E-state index is 0.0707. The molecule has 98 valence electrons. The fourth-order valence-corrected chi connectivity index (χ4v) is 1.79. The Hall–Kier alpha value is -2.21. The lowest BCUT2D eigenvalue weighted by Crippen LogP contribution is -2.52. The summed E-state index contributed by atoms with van der Waals surface area (Å²) in [7, 11) is 3.08. The SMILES string of the molecule is CN1C(=O)C(=C/C=C/c2ccco2)C(=O)N(C)C1=S. The van der Waals surface area contributed by atoms with E-state index in [0.29, 0.717) is 5.76 Å². The minimum atomic E-state index is -0.405. The summed E-state index contributed by atoms with van der Waals surface area (Å²) in [6.07, 6.45) is 6.27. The summed E-state index contributed by atoms with van der Waals surface area (Å²) in [6.45, 7) is 0.